The minimum absolute atomic E-state index is 0.155. The lowest BCUT2D eigenvalue weighted by Gasteiger charge is -2.07. The number of carbonyl (C=O) groups excluding carboxylic acids is 1. The Labute approximate surface area is 149 Å². The van der Waals surface area contributed by atoms with Crippen LogP contribution < -0.4 is 10.9 Å². The minimum Gasteiger partial charge on any atom is -0.388 e. The Kier molecular flexibility index (Phi) is 4.63. The Hall–Kier alpha value is -1.93. The maximum absolute atomic E-state index is 12.4. The number of anilines is 1. The summed E-state index contributed by atoms with van der Waals surface area (Å²) in [7, 11) is 0. The van der Waals surface area contributed by atoms with E-state index in [1.165, 1.54) is 6.07 Å². The van der Waals surface area contributed by atoms with Gasteiger partial charge in [0.15, 0.2) is 0 Å². The van der Waals surface area contributed by atoms with Crippen LogP contribution in [0.2, 0.25) is 5.02 Å². The monoisotopic (exact) mass is 440 g/mol. The molecule has 0 radical (unpaired) electrons. The van der Waals surface area contributed by atoms with Gasteiger partial charge in [0.25, 0.3) is 5.91 Å². The van der Waals surface area contributed by atoms with E-state index < -0.39 is 5.63 Å². The highest BCUT2D eigenvalue weighted by Gasteiger charge is 2.14. The van der Waals surface area contributed by atoms with Gasteiger partial charge in [-0.05, 0) is 29.8 Å². The number of hydrogen-bond donors (Lipinski definition) is 1. The molecule has 3 aromatic rings. The number of halogens is 2. The van der Waals surface area contributed by atoms with Gasteiger partial charge >= 0.3 is 11.6 Å². The largest absolute Gasteiger partial charge is 0.388 e. The Balaban J connectivity index is 1.98. The number of carbonyl (C=O) groups is 1. The van der Waals surface area contributed by atoms with Crippen molar-refractivity contribution in [1.29, 1.82) is 0 Å². The summed E-state index contributed by atoms with van der Waals surface area (Å²) >= 11 is 8.08. The zero-order valence-electron chi connectivity index (χ0n) is 11.7. The van der Waals surface area contributed by atoms with Gasteiger partial charge in [-0.15, -0.1) is 0 Å². The average molecular weight is 441 g/mol. The molecule has 1 heterocycles. The summed E-state index contributed by atoms with van der Waals surface area (Å²) < 4.78 is 5.74. The topological polar surface area (TPSA) is 72.2 Å². The summed E-state index contributed by atoms with van der Waals surface area (Å²) in [6, 6.07) is 11.7. The van der Waals surface area contributed by atoms with Gasteiger partial charge in [0.2, 0.25) is 0 Å². The summed E-state index contributed by atoms with van der Waals surface area (Å²) in [6.07, 6.45) is 0. The summed E-state index contributed by atoms with van der Waals surface area (Å²) in [6.45, 7) is 0. The summed E-state index contributed by atoms with van der Waals surface area (Å²) in [4.78, 5) is 28.4. The van der Waals surface area contributed by atoms with E-state index in [1.54, 1.807) is 24.3 Å². The second-order valence-corrected chi connectivity index (χ2v) is 5.91. The van der Waals surface area contributed by atoms with Crippen molar-refractivity contribution >= 4 is 57.0 Å². The number of alkyl halides is 1. The zero-order valence-corrected chi connectivity index (χ0v) is 14.6. The normalized spacial score (nSPS) is 10.7. The maximum atomic E-state index is 12.4. The van der Waals surface area contributed by atoms with Gasteiger partial charge in [-0.25, -0.2) is 4.79 Å². The SMILES string of the molecule is O=C(Nc1nc2cc(Cl)ccc2c(=O)o1)c1ccccc1CI. The van der Waals surface area contributed by atoms with Crippen LogP contribution in [0, 0.1) is 0 Å². The second kappa shape index (κ2) is 6.67. The van der Waals surface area contributed by atoms with E-state index in [2.05, 4.69) is 32.9 Å². The predicted octanol–water partition coefficient (Wildman–Crippen LogP) is 4.03. The molecule has 2 aromatic carbocycles. The van der Waals surface area contributed by atoms with Gasteiger partial charge in [0.05, 0.1) is 10.9 Å². The fourth-order valence-electron chi connectivity index (χ4n) is 2.12. The lowest BCUT2D eigenvalue weighted by Crippen LogP contribution is -2.16. The number of rotatable bonds is 3. The van der Waals surface area contributed by atoms with E-state index in [4.69, 9.17) is 16.0 Å². The predicted molar refractivity (Wildman–Crippen MR) is 97.4 cm³/mol. The highest BCUT2D eigenvalue weighted by molar-refractivity contribution is 14.1. The quantitative estimate of drug-likeness (QED) is 0.493. The van der Waals surface area contributed by atoms with Crippen LogP contribution in [0.4, 0.5) is 6.01 Å². The van der Waals surface area contributed by atoms with E-state index in [1.807, 2.05) is 12.1 Å². The van der Waals surface area contributed by atoms with Gasteiger partial charge in [-0.3, -0.25) is 10.1 Å². The van der Waals surface area contributed by atoms with E-state index >= 15 is 0 Å². The molecule has 0 atom stereocenters. The molecular weight excluding hydrogens is 431 g/mol. The molecule has 0 aliphatic heterocycles. The molecule has 3 rings (SSSR count). The van der Waals surface area contributed by atoms with E-state index in [0.29, 0.717) is 25.9 Å². The van der Waals surface area contributed by atoms with E-state index in [0.717, 1.165) is 5.56 Å². The Bertz CT molecular complexity index is 955. The van der Waals surface area contributed by atoms with Crippen molar-refractivity contribution in [3.63, 3.8) is 0 Å². The van der Waals surface area contributed by atoms with Gasteiger partial charge < -0.3 is 4.42 Å². The fourth-order valence-corrected chi connectivity index (χ4v) is 2.95. The van der Waals surface area contributed by atoms with Gasteiger partial charge in [-0.1, -0.05) is 52.4 Å². The summed E-state index contributed by atoms with van der Waals surface area (Å²) in [5.74, 6) is -0.380. The number of nitrogens with one attached hydrogen (secondary N) is 1. The van der Waals surface area contributed by atoms with Crippen molar-refractivity contribution in [1.82, 2.24) is 4.98 Å². The van der Waals surface area contributed by atoms with Crippen LogP contribution in [0.1, 0.15) is 15.9 Å². The van der Waals surface area contributed by atoms with Crippen LogP contribution in [0.3, 0.4) is 0 Å². The van der Waals surface area contributed by atoms with E-state index in [9.17, 15) is 9.59 Å². The van der Waals surface area contributed by atoms with Gasteiger partial charge in [-0.2, -0.15) is 4.98 Å². The first kappa shape index (κ1) is 15.9. The van der Waals surface area contributed by atoms with E-state index in [-0.39, 0.29) is 11.9 Å². The third-order valence-corrected chi connectivity index (χ3v) is 4.27. The van der Waals surface area contributed by atoms with Crippen molar-refractivity contribution in [2.24, 2.45) is 0 Å². The molecule has 0 aliphatic rings. The van der Waals surface area contributed by atoms with Crippen LogP contribution in [0.15, 0.2) is 51.7 Å². The molecule has 23 heavy (non-hydrogen) atoms. The summed E-state index contributed by atoms with van der Waals surface area (Å²) in [5.41, 5.74) is 1.18. The highest BCUT2D eigenvalue weighted by atomic mass is 127. The summed E-state index contributed by atoms with van der Waals surface area (Å²) in [5, 5.41) is 3.28. The molecule has 0 bridgehead atoms. The van der Waals surface area contributed by atoms with Crippen molar-refractivity contribution in [3.8, 4) is 0 Å². The smallest absolute Gasteiger partial charge is 0.348 e. The van der Waals surface area contributed by atoms with Gasteiger partial charge in [0, 0.05) is 15.0 Å². The molecule has 1 N–H and O–H groups in total. The molecule has 1 aromatic heterocycles. The number of hydrogen-bond acceptors (Lipinski definition) is 4. The number of benzene rings is 2. The molecule has 0 spiro atoms. The van der Waals surface area contributed by atoms with Crippen LogP contribution in [0.5, 0.6) is 0 Å². The highest BCUT2D eigenvalue weighted by Crippen LogP contribution is 2.18. The Morgan fingerprint density at radius 1 is 1.26 bits per heavy atom. The molecule has 0 fully saturated rings. The molecule has 0 aliphatic carbocycles. The minimum atomic E-state index is -0.579. The molecule has 0 saturated carbocycles. The average Bonchev–Trinajstić information content (AvgIpc) is 2.54. The lowest BCUT2D eigenvalue weighted by molar-refractivity contribution is 0.102. The third kappa shape index (κ3) is 3.37. The first-order valence-electron chi connectivity index (χ1n) is 6.64. The van der Waals surface area contributed by atoms with Crippen LogP contribution in [0.25, 0.3) is 10.9 Å². The lowest BCUT2D eigenvalue weighted by atomic mass is 10.1. The van der Waals surface area contributed by atoms with Crippen LogP contribution >= 0.6 is 34.2 Å². The van der Waals surface area contributed by atoms with Gasteiger partial charge in [0.1, 0.15) is 0 Å². The Morgan fingerprint density at radius 3 is 2.83 bits per heavy atom. The molecule has 7 heteroatoms. The third-order valence-electron chi connectivity index (χ3n) is 3.22. The van der Waals surface area contributed by atoms with Crippen molar-refractivity contribution in [3.05, 3.63) is 69.0 Å². The molecule has 0 unspecified atom stereocenters. The maximum Gasteiger partial charge on any atom is 0.348 e. The van der Waals surface area contributed by atoms with Crippen molar-refractivity contribution < 1.29 is 9.21 Å². The molecule has 1 amide bonds. The molecule has 0 saturated heterocycles. The zero-order chi connectivity index (χ0) is 16.4. The number of aromatic nitrogens is 1. The standard InChI is InChI=1S/C16H10ClIN2O3/c17-10-5-6-12-13(7-10)19-16(23-15(12)22)20-14(21)11-4-2-1-3-9(11)8-18/h1-7H,8H2,(H,19,20,21). The molecule has 116 valence electrons. The van der Waals surface area contributed by atoms with Crippen molar-refractivity contribution in [2.45, 2.75) is 4.43 Å². The van der Waals surface area contributed by atoms with Crippen LogP contribution in [-0.4, -0.2) is 10.9 Å². The second-order valence-electron chi connectivity index (χ2n) is 4.71. The number of amides is 1. The molecular formula is C16H10ClIN2O3. The first-order chi connectivity index (χ1) is 11.1. The van der Waals surface area contributed by atoms with Crippen molar-refractivity contribution in [2.75, 3.05) is 5.32 Å². The Morgan fingerprint density at radius 2 is 2.04 bits per heavy atom. The number of fused-ring (bicyclic) bond motifs is 1. The fraction of sp³-hybridized carbons (Fsp3) is 0.0625. The number of nitrogens with zero attached hydrogens (tertiary/aromatic N) is 1. The van der Waals surface area contributed by atoms with Crippen LogP contribution in [-0.2, 0) is 4.43 Å². The first-order valence-corrected chi connectivity index (χ1v) is 8.54. The molecule has 5 nitrogen and oxygen atoms in total.